The van der Waals surface area contributed by atoms with E-state index in [1.807, 2.05) is 0 Å². The summed E-state index contributed by atoms with van der Waals surface area (Å²) < 4.78 is 38.2. The van der Waals surface area contributed by atoms with Crippen molar-refractivity contribution in [3.8, 4) is 0 Å². The standard InChI is InChI=1S/C11H12F3N3O/c12-11(13,14)10(3-4-10)17-6-1-2-8(15)7(5-6)9(16)18/h1-2,5,17H,3-4,15H2,(H2,16,18). The third-order valence-corrected chi connectivity index (χ3v) is 2.99. The molecule has 5 N–H and O–H groups in total. The van der Waals surface area contributed by atoms with Gasteiger partial charge in [-0.25, -0.2) is 0 Å². The van der Waals surface area contributed by atoms with Crippen molar-refractivity contribution in [2.75, 3.05) is 11.1 Å². The van der Waals surface area contributed by atoms with Gasteiger partial charge in [0.2, 0.25) is 0 Å². The maximum Gasteiger partial charge on any atom is 0.411 e. The number of hydrogen-bond acceptors (Lipinski definition) is 3. The molecule has 0 saturated heterocycles. The molecular weight excluding hydrogens is 247 g/mol. The SMILES string of the molecule is NC(=O)c1cc(NC2(C(F)(F)F)CC2)ccc1N. The van der Waals surface area contributed by atoms with Gasteiger partial charge in [0.05, 0.1) is 5.56 Å². The fraction of sp³-hybridized carbons (Fsp3) is 0.364. The molecule has 1 amide bonds. The van der Waals surface area contributed by atoms with Crippen molar-refractivity contribution in [1.29, 1.82) is 0 Å². The zero-order chi connectivity index (χ0) is 13.6. The third-order valence-electron chi connectivity index (χ3n) is 2.99. The van der Waals surface area contributed by atoms with E-state index in [-0.39, 0.29) is 29.8 Å². The molecule has 1 fully saturated rings. The van der Waals surface area contributed by atoms with E-state index in [0.717, 1.165) is 0 Å². The first kappa shape index (κ1) is 12.5. The van der Waals surface area contributed by atoms with Crippen LogP contribution in [0.3, 0.4) is 0 Å². The van der Waals surface area contributed by atoms with E-state index in [1.54, 1.807) is 0 Å². The largest absolute Gasteiger partial charge is 0.411 e. The van der Waals surface area contributed by atoms with Gasteiger partial charge in [0, 0.05) is 11.4 Å². The number of nitrogen functional groups attached to an aromatic ring is 1. The number of nitrogens with one attached hydrogen (secondary N) is 1. The van der Waals surface area contributed by atoms with Gasteiger partial charge in [-0.15, -0.1) is 0 Å². The summed E-state index contributed by atoms with van der Waals surface area (Å²) in [6.07, 6.45) is -4.28. The van der Waals surface area contributed by atoms with E-state index in [4.69, 9.17) is 11.5 Å². The lowest BCUT2D eigenvalue weighted by atomic mass is 10.1. The molecule has 7 heteroatoms. The van der Waals surface area contributed by atoms with Crippen LogP contribution in [0.1, 0.15) is 23.2 Å². The van der Waals surface area contributed by atoms with Crippen molar-refractivity contribution in [2.24, 2.45) is 5.73 Å². The van der Waals surface area contributed by atoms with Crippen LogP contribution in [0.15, 0.2) is 18.2 Å². The molecule has 4 nitrogen and oxygen atoms in total. The molecule has 18 heavy (non-hydrogen) atoms. The number of alkyl halides is 3. The number of carbonyl (C=O) groups excluding carboxylic acids is 1. The van der Waals surface area contributed by atoms with Crippen LogP contribution < -0.4 is 16.8 Å². The predicted molar refractivity (Wildman–Crippen MR) is 61.0 cm³/mol. The Kier molecular flexibility index (Phi) is 2.64. The molecule has 1 aromatic carbocycles. The fourth-order valence-corrected chi connectivity index (χ4v) is 1.73. The maximum atomic E-state index is 12.7. The summed E-state index contributed by atoms with van der Waals surface area (Å²) in [6, 6.07) is 3.99. The van der Waals surface area contributed by atoms with Crippen LogP contribution in [0.25, 0.3) is 0 Å². The topological polar surface area (TPSA) is 81.1 Å². The van der Waals surface area contributed by atoms with Crippen molar-refractivity contribution >= 4 is 17.3 Å². The molecule has 2 rings (SSSR count). The monoisotopic (exact) mass is 259 g/mol. The summed E-state index contributed by atoms with van der Waals surface area (Å²) in [5.41, 5.74) is 9.05. The molecule has 0 aliphatic heterocycles. The Balaban J connectivity index is 2.26. The number of carbonyl (C=O) groups is 1. The minimum Gasteiger partial charge on any atom is -0.398 e. The highest BCUT2D eigenvalue weighted by Crippen LogP contribution is 2.51. The van der Waals surface area contributed by atoms with Gasteiger partial charge in [-0.3, -0.25) is 4.79 Å². The Hall–Kier alpha value is -1.92. The van der Waals surface area contributed by atoms with Crippen molar-refractivity contribution in [2.45, 2.75) is 24.6 Å². The van der Waals surface area contributed by atoms with Gasteiger partial charge in [-0.05, 0) is 31.0 Å². The van der Waals surface area contributed by atoms with Crippen LogP contribution in [0, 0.1) is 0 Å². The summed E-state index contributed by atoms with van der Waals surface area (Å²) in [4.78, 5) is 11.0. The third kappa shape index (κ3) is 2.07. The number of hydrogen-bond donors (Lipinski definition) is 3. The molecule has 0 heterocycles. The molecule has 0 spiro atoms. The number of benzene rings is 1. The number of halogens is 3. The Labute approximate surface area is 101 Å². The minimum absolute atomic E-state index is 0.0120. The number of anilines is 2. The minimum atomic E-state index is -4.32. The lowest BCUT2D eigenvalue weighted by Crippen LogP contribution is -2.38. The average molecular weight is 259 g/mol. The fourth-order valence-electron chi connectivity index (χ4n) is 1.73. The van der Waals surface area contributed by atoms with Gasteiger partial charge in [0.25, 0.3) is 5.91 Å². The van der Waals surface area contributed by atoms with Crippen LogP contribution >= 0.6 is 0 Å². The normalized spacial score (nSPS) is 17.3. The van der Waals surface area contributed by atoms with Crippen LogP contribution in [0.4, 0.5) is 24.5 Å². The van der Waals surface area contributed by atoms with Gasteiger partial charge in [0.15, 0.2) is 0 Å². The molecular formula is C11H12F3N3O. The lowest BCUT2D eigenvalue weighted by Gasteiger charge is -2.22. The number of primary amides is 1. The van der Waals surface area contributed by atoms with E-state index in [1.165, 1.54) is 18.2 Å². The second-order valence-corrected chi connectivity index (χ2v) is 4.37. The first-order valence-corrected chi connectivity index (χ1v) is 5.29. The molecule has 0 radical (unpaired) electrons. The van der Waals surface area contributed by atoms with Gasteiger partial charge in [0.1, 0.15) is 5.54 Å². The molecule has 1 aliphatic carbocycles. The summed E-state index contributed by atoms with van der Waals surface area (Å²) in [5.74, 6) is -0.770. The molecule has 0 atom stereocenters. The number of nitrogens with two attached hydrogens (primary N) is 2. The van der Waals surface area contributed by atoms with Crippen LogP contribution in [0.2, 0.25) is 0 Å². The summed E-state index contributed by atoms with van der Waals surface area (Å²) >= 11 is 0. The van der Waals surface area contributed by atoms with Crippen molar-refractivity contribution in [1.82, 2.24) is 0 Å². The summed E-state index contributed by atoms with van der Waals surface area (Å²) in [6.45, 7) is 0. The van der Waals surface area contributed by atoms with E-state index in [2.05, 4.69) is 5.32 Å². The zero-order valence-electron chi connectivity index (χ0n) is 9.34. The molecule has 0 unspecified atom stereocenters. The molecule has 0 aromatic heterocycles. The van der Waals surface area contributed by atoms with Gasteiger partial charge in [-0.1, -0.05) is 0 Å². The Morgan fingerprint density at radius 2 is 1.94 bits per heavy atom. The van der Waals surface area contributed by atoms with Gasteiger partial charge < -0.3 is 16.8 Å². The van der Waals surface area contributed by atoms with E-state index >= 15 is 0 Å². The molecule has 1 saturated carbocycles. The molecule has 98 valence electrons. The zero-order valence-corrected chi connectivity index (χ0v) is 9.34. The van der Waals surface area contributed by atoms with Crippen molar-refractivity contribution in [3.05, 3.63) is 23.8 Å². The predicted octanol–water partition coefficient (Wildman–Crippen LogP) is 1.87. The highest BCUT2D eigenvalue weighted by atomic mass is 19.4. The van der Waals surface area contributed by atoms with Gasteiger partial charge in [-0.2, -0.15) is 13.2 Å². The van der Waals surface area contributed by atoms with Crippen molar-refractivity contribution < 1.29 is 18.0 Å². The molecule has 0 bridgehead atoms. The average Bonchev–Trinajstić information content (AvgIpc) is 3.00. The second-order valence-electron chi connectivity index (χ2n) is 4.37. The van der Waals surface area contributed by atoms with Gasteiger partial charge >= 0.3 is 6.18 Å². The van der Waals surface area contributed by atoms with Crippen molar-refractivity contribution in [3.63, 3.8) is 0 Å². The maximum absolute atomic E-state index is 12.7. The Morgan fingerprint density at radius 1 is 1.33 bits per heavy atom. The van der Waals surface area contributed by atoms with E-state index in [9.17, 15) is 18.0 Å². The van der Waals surface area contributed by atoms with Crippen LogP contribution in [-0.2, 0) is 0 Å². The number of rotatable bonds is 3. The van der Waals surface area contributed by atoms with Crippen LogP contribution in [-0.4, -0.2) is 17.6 Å². The number of amides is 1. The summed E-state index contributed by atoms with van der Waals surface area (Å²) in [7, 11) is 0. The highest BCUT2D eigenvalue weighted by molar-refractivity contribution is 5.99. The Morgan fingerprint density at radius 3 is 2.39 bits per heavy atom. The van der Waals surface area contributed by atoms with Crippen LogP contribution in [0.5, 0.6) is 0 Å². The lowest BCUT2D eigenvalue weighted by molar-refractivity contribution is -0.151. The smallest absolute Gasteiger partial charge is 0.398 e. The van der Waals surface area contributed by atoms with E-state index < -0.39 is 17.6 Å². The molecule has 1 aromatic rings. The second kappa shape index (κ2) is 3.79. The first-order valence-electron chi connectivity index (χ1n) is 5.29. The molecule has 1 aliphatic rings. The van der Waals surface area contributed by atoms with E-state index in [0.29, 0.717) is 0 Å². The summed E-state index contributed by atoms with van der Waals surface area (Å²) in [5, 5.41) is 2.40. The Bertz CT molecular complexity index is 495. The highest BCUT2D eigenvalue weighted by Gasteiger charge is 2.63. The quantitative estimate of drug-likeness (QED) is 0.725. The first-order chi connectivity index (χ1) is 8.25.